The molecule has 1 atom stereocenters. The number of alkyl carbamates (subject to hydrolysis) is 1. The highest BCUT2D eigenvalue weighted by Gasteiger charge is 2.26. The molecule has 24 heavy (non-hydrogen) atoms. The minimum Gasteiger partial charge on any atom is -0.465 e. The van der Waals surface area contributed by atoms with Gasteiger partial charge in [0.1, 0.15) is 18.2 Å². The van der Waals surface area contributed by atoms with Crippen molar-refractivity contribution in [1.29, 1.82) is 0 Å². The van der Waals surface area contributed by atoms with Gasteiger partial charge in [0.05, 0.1) is 18.8 Å². The average molecular weight is 346 g/mol. The van der Waals surface area contributed by atoms with Crippen molar-refractivity contribution in [3.8, 4) is 0 Å². The summed E-state index contributed by atoms with van der Waals surface area (Å²) in [7, 11) is 0. The molecular formula is C16H30N2O6. The average Bonchev–Trinajstić information content (AvgIpc) is 2.38. The lowest BCUT2D eigenvalue weighted by atomic mass is 10.2. The van der Waals surface area contributed by atoms with E-state index in [-0.39, 0.29) is 19.8 Å². The lowest BCUT2D eigenvalue weighted by molar-refractivity contribution is -0.144. The van der Waals surface area contributed by atoms with E-state index in [9.17, 15) is 14.4 Å². The Morgan fingerprint density at radius 3 is 2.04 bits per heavy atom. The monoisotopic (exact) mass is 346 g/mol. The number of nitrogens with one attached hydrogen (secondary N) is 2. The van der Waals surface area contributed by atoms with Crippen LogP contribution in [0.5, 0.6) is 0 Å². The first-order valence-electron chi connectivity index (χ1n) is 7.91. The molecule has 8 nitrogen and oxygen atoms in total. The normalized spacial score (nSPS) is 13.0. The van der Waals surface area contributed by atoms with E-state index in [2.05, 4.69) is 10.6 Å². The van der Waals surface area contributed by atoms with E-state index < -0.39 is 35.2 Å². The number of ether oxygens (including phenoxy) is 3. The second kappa shape index (κ2) is 9.46. The molecule has 0 rings (SSSR count). The van der Waals surface area contributed by atoms with Crippen molar-refractivity contribution in [2.75, 3.05) is 19.8 Å². The summed E-state index contributed by atoms with van der Waals surface area (Å²) in [5.41, 5.74) is -1.18. The molecule has 0 fully saturated rings. The number of esters is 1. The Kier molecular flexibility index (Phi) is 8.74. The van der Waals surface area contributed by atoms with Crippen LogP contribution in [0, 0.1) is 0 Å². The molecule has 2 N–H and O–H groups in total. The van der Waals surface area contributed by atoms with Gasteiger partial charge in [-0.25, -0.2) is 4.79 Å². The fraction of sp³-hybridized carbons (Fsp3) is 0.812. The first kappa shape index (κ1) is 22.2. The van der Waals surface area contributed by atoms with Crippen molar-refractivity contribution >= 4 is 18.0 Å². The van der Waals surface area contributed by atoms with Gasteiger partial charge in [-0.2, -0.15) is 0 Å². The van der Waals surface area contributed by atoms with Gasteiger partial charge in [0.25, 0.3) is 0 Å². The third kappa shape index (κ3) is 11.7. The quantitative estimate of drug-likeness (QED) is 0.675. The third-order valence-corrected chi connectivity index (χ3v) is 2.40. The molecule has 0 aliphatic heterocycles. The number of hydrogen-bond acceptors (Lipinski definition) is 6. The number of amides is 2. The van der Waals surface area contributed by atoms with Crippen LogP contribution in [-0.4, -0.2) is 55.0 Å². The van der Waals surface area contributed by atoms with Crippen LogP contribution in [0.15, 0.2) is 0 Å². The topological polar surface area (TPSA) is 103 Å². The highest BCUT2D eigenvalue weighted by atomic mass is 16.6. The summed E-state index contributed by atoms with van der Waals surface area (Å²) in [6.45, 7) is 12.2. The molecule has 0 heterocycles. The van der Waals surface area contributed by atoms with Gasteiger partial charge in [-0.15, -0.1) is 0 Å². The van der Waals surface area contributed by atoms with Crippen LogP contribution >= 0.6 is 0 Å². The molecule has 0 saturated heterocycles. The third-order valence-electron chi connectivity index (χ3n) is 2.40. The Labute approximate surface area is 143 Å². The standard InChI is InChI=1S/C16H30N2O6/c1-8-22-12(19)9-17-13(20)11(10-23-15(2,3)4)18-14(21)24-16(5,6)7/h11H,8-10H2,1-7H3,(H,17,20)(H,18,21). The molecule has 1 unspecified atom stereocenters. The molecule has 0 aromatic rings. The number of carbonyl (C=O) groups is 3. The maximum atomic E-state index is 12.2. The maximum Gasteiger partial charge on any atom is 0.408 e. The summed E-state index contributed by atoms with van der Waals surface area (Å²) in [6, 6.07) is -0.992. The maximum absolute atomic E-state index is 12.2. The molecule has 0 aromatic heterocycles. The molecule has 8 heteroatoms. The summed E-state index contributed by atoms with van der Waals surface area (Å²) in [5, 5.41) is 4.86. The van der Waals surface area contributed by atoms with Crippen LogP contribution in [0.4, 0.5) is 4.79 Å². The van der Waals surface area contributed by atoms with E-state index in [0.29, 0.717) is 0 Å². The van der Waals surface area contributed by atoms with E-state index in [0.717, 1.165) is 0 Å². The second-order valence-electron chi connectivity index (χ2n) is 7.15. The fourth-order valence-electron chi connectivity index (χ4n) is 1.46. The summed E-state index contributed by atoms with van der Waals surface area (Å²) >= 11 is 0. The minimum atomic E-state index is -0.992. The van der Waals surface area contributed by atoms with E-state index >= 15 is 0 Å². The Bertz CT molecular complexity index is 437. The Balaban J connectivity index is 4.75. The molecule has 140 valence electrons. The molecule has 0 saturated carbocycles. The molecule has 0 bridgehead atoms. The van der Waals surface area contributed by atoms with Crippen LogP contribution in [0.1, 0.15) is 48.5 Å². The number of hydrogen-bond donors (Lipinski definition) is 2. The highest BCUT2D eigenvalue weighted by Crippen LogP contribution is 2.09. The zero-order valence-corrected chi connectivity index (χ0v) is 15.6. The zero-order valence-electron chi connectivity index (χ0n) is 15.6. The van der Waals surface area contributed by atoms with Gasteiger partial charge in [-0.05, 0) is 48.5 Å². The van der Waals surface area contributed by atoms with Crippen LogP contribution in [-0.2, 0) is 23.8 Å². The first-order chi connectivity index (χ1) is 10.8. The Morgan fingerprint density at radius 1 is 1.00 bits per heavy atom. The van der Waals surface area contributed by atoms with Crippen molar-refractivity contribution in [2.24, 2.45) is 0 Å². The van der Waals surface area contributed by atoms with Gasteiger partial charge in [0.15, 0.2) is 0 Å². The fourth-order valence-corrected chi connectivity index (χ4v) is 1.46. The molecule has 0 aromatic carbocycles. The van der Waals surface area contributed by atoms with Gasteiger partial charge in [0.2, 0.25) is 5.91 Å². The Hall–Kier alpha value is -1.83. The molecule has 0 aliphatic rings. The summed E-state index contributed by atoms with van der Waals surface area (Å²) < 4.78 is 15.4. The van der Waals surface area contributed by atoms with Crippen LogP contribution in [0.25, 0.3) is 0 Å². The van der Waals surface area contributed by atoms with Crippen LogP contribution < -0.4 is 10.6 Å². The summed E-state index contributed by atoms with van der Waals surface area (Å²) in [6.07, 6.45) is -0.740. The lowest BCUT2D eigenvalue weighted by Crippen LogP contribution is -2.52. The molecule has 2 amide bonds. The largest absolute Gasteiger partial charge is 0.465 e. The molecule has 0 aliphatic carbocycles. The van der Waals surface area contributed by atoms with Crippen molar-refractivity contribution in [2.45, 2.75) is 65.7 Å². The van der Waals surface area contributed by atoms with E-state index in [4.69, 9.17) is 14.2 Å². The first-order valence-corrected chi connectivity index (χ1v) is 7.91. The van der Waals surface area contributed by atoms with Crippen molar-refractivity contribution in [3.05, 3.63) is 0 Å². The molecular weight excluding hydrogens is 316 g/mol. The summed E-state index contributed by atoms with van der Waals surface area (Å²) in [4.78, 5) is 35.4. The lowest BCUT2D eigenvalue weighted by Gasteiger charge is -2.26. The van der Waals surface area contributed by atoms with Crippen molar-refractivity contribution < 1.29 is 28.6 Å². The number of carbonyl (C=O) groups excluding carboxylic acids is 3. The van der Waals surface area contributed by atoms with Crippen molar-refractivity contribution in [3.63, 3.8) is 0 Å². The predicted molar refractivity (Wildman–Crippen MR) is 88.5 cm³/mol. The van der Waals surface area contributed by atoms with Gasteiger partial charge in [0, 0.05) is 0 Å². The highest BCUT2D eigenvalue weighted by molar-refractivity contribution is 5.88. The van der Waals surface area contributed by atoms with Crippen molar-refractivity contribution in [1.82, 2.24) is 10.6 Å². The van der Waals surface area contributed by atoms with Crippen LogP contribution in [0.2, 0.25) is 0 Å². The van der Waals surface area contributed by atoms with E-state index in [1.54, 1.807) is 27.7 Å². The van der Waals surface area contributed by atoms with Gasteiger partial charge < -0.3 is 24.8 Å². The molecule has 0 spiro atoms. The van der Waals surface area contributed by atoms with Crippen LogP contribution in [0.3, 0.4) is 0 Å². The molecule has 0 radical (unpaired) electrons. The van der Waals surface area contributed by atoms with Gasteiger partial charge >= 0.3 is 12.1 Å². The number of rotatable bonds is 7. The zero-order chi connectivity index (χ0) is 19.0. The predicted octanol–water partition coefficient (Wildman–Crippen LogP) is 1.37. The van der Waals surface area contributed by atoms with E-state index in [1.165, 1.54) is 0 Å². The smallest absolute Gasteiger partial charge is 0.408 e. The van der Waals surface area contributed by atoms with E-state index in [1.807, 2.05) is 20.8 Å². The van der Waals surface area contributed by atoms with Gasteiger partial charge in [-0.3, -0.25) is 9.59 Å². The minimum absolute atomic E-state index is 0.0581. The second-order valence-corrected chi connectivity index (χ2v) is 7.15. The SMILES string of the molecule is CCOC(=O)CNC(=O)C(COC(C)(C)C)NC(=O)OC(C)(C)C. The summed E-state index contributed by atoms with van der Waals surface area (Å²) in [5.74, 6) is -1.11. The Morgan fingerprint density at radius 2 is 1.58 bits per heavy atom. The van der Waals surface area contributed by atoms with Gasteiger partial charge in [-0.1, -0.05) is 0 Å².